The lowest BCUT2D eigenvalue weighted by Gasteiger charge is -2.02. The van der Waals surface area contributed by atoms with E-state index in [0.717, 1.165) is 11.3 Å². The molecule has 2 aromatic carbocycles. The van der Waals surface area contributed by atoms with Crippen molar-refractivity contribution in [2.75, 3.05) is 7.11 Å². The molecular weight excluding hydrogens is 326 g/mol. The van der Waals surface area contributed by atoms with E-state index in [1.807, 2.05) is 30.3 Å². The highest BCUT2D eigenvalue weighted by atomic mass is 35.5. The van der Waals surface area contributed by atoms with Crippen molar-refractivity contribution in [2.45, 2.75) is 0 Å². The number of para-hydroxylation sites is 1. The Kier molecular flexibility index (Phi) is 4.77. The minimum atomic E-state index is -0.482. The molecule has 120 valence electrons. The molecule has 0 fully saturated rings. The summed E-state index contributed by atoms with van der Waals surface area (Å²) in [7, 11) is 1.61. The number of benzene rings is 2. The van der Waals surface area contributed by atoms with E-state index >= 15 is 0 Å². The summed E-state index contributed by atoms with van der Waals surface area (Å²) >= 11 is 5.85. The normalized spacial score (nSPS) is 15.7. The Bertz CT molecular complexity index is 851. The van der Waals surface area contributed by atoms with Gasteiger partial charge in [0.2, 0.25) is 5.90 Å². The maximum absolute atomic E-state index is 11.9. The Labute approximate surface area is 144 Å². The number of carbonyl (C=O) groups is 1. The van der Waals surface area contributed by atoms with Gasteiger partial charge in [0.25, 0.3) is 0 Å². The number of rotatable bonds is 4. The highest BCUT2D eigenvalue weighted by Gasteiger charge is 2.23. The molecule has 0 unspecified atom stereocenters. The van der Waals surface area contributed by atoms with E-state index in [4.69, 9.17) is 21.1 Å². The second-order valence-corrected chi connectivity index (χ2v) is 5.40. The molecule has 0 atom stereocenters. The van der Waals surface area contributed by atoms with Crippen LogP contribution >= 0.6 is 11.6 Å². The Morgan fingerprint density at radius 2 is 1.88 bits per heavy atom. The third-order valence-corrected chi connectivity index (χ3v) is 3.63. The Balaban J connectivity index is 1.81. The monoisotopic (exact) mass is 339 g/mol. The number of allylic oxidation sites excluding steroid dienone is 2. The van der Waals surface area contributed by atoms with Crippen molar-refractivity contribution in [2.24, 2.45) is 4.99 Å². The number of esters is 1. The molecular formula is C19H14ClNO3. The van der Waals surface area contributed by atoms with E-state index < -0.39 is 5.97 Å². The first-order valence-electron chi connectivity index (χ1n) is 7.25. The van der Waals surface area contributed by atoms with Crippen LogP contribution in [0.5, 0.6) is 5.75 Å². The van der Waals surface area contributed by atoms with E-state index in [2.05, 4.69) is 4.99 Å². The highest BCUT2D eigenvalue weighted by Crippen LogP contribution is 2.20. The molecule has 1 aliphatic rings. The molecule has 4 nitrogen and oxygen atoms in total. The van der Waals surface area contributed by atoms with Gasteiger partial charge in [0.1, 0.15) is 5.75 Å². The van der Waals surface area contributed by atoms with Crippen molar-refractivity contribution in [1.29, 1.82) is 0 Å². The van der Waals surface area contributed by atoms with Crippen molar-refractivity contribution < 1.29 is 14.3 Å². The standard InChI is InChI=1S/C19H14ClNO3/c1-23-17-8-3-2-5-13(17)6-4-7-16-19(22)24-18(21-16)14-9-11-15(20)12-10-14/h2-12H,1H3/b6-4+,16-7+. The SMILES string of the molecule is COc1ccccc1/C=C/C=C1/N=C(c2ccc(Cl)cc2)OC1=O. The number of aliphatic imine (C=N–C) groups is 1. The quantitative estimate of drug-likeness (QED) is 0.618. The van der Waals surface area contributed by atoms with Crippen molar-refractivity contribution >= 4 is 29.5 Å². The topological polar surface area (TPSA) is 47.9 Å². The molecule has 2 aromatic rings. The first-order chi connectivity index (χ1) is 11.7. The third-order valence-electron chi connectivity index (χ3n) is 3.38. The Hall–Kier alpha value is -2.85. The molecule has 24 heavy (non-hydrogen) atoms. The van der Waals surface area contributed by atoms with E-state index in [-0.39, 0.29) is 11.6 Å². The Morgan fingerprint density at radius 1 is 1.12 bits per heavy atom. The summed E-state index contributed by atoms with van der Waals surface area (Å²) in [6.07, 6.45) is 5.19. The number of halogens is 1. The lowest BCUT2D eigenvalue weighted by molar-refractivity contribution is -0.130. The van der Waals surface area contributed by atoms with Crippen LogP contribution in [0.25, 0.3) is 6.08 Å². The van der Waals surface area contributed by atoms with Gasteiger partial charge in [0, 0.05) is 16.1 Å². The third kappa shape index (κ3) is 3.55. The smallest absolute Gasteiger partial charge is 0.363 e. The van der Waals surface area contributed by atoms with Crippen LogP contribution in [0.3, 0.4) is 0 Å². The molecule has 0 radical (unpaired) electrons. The van der Waals surface area contributed by atoms with Gasteiger partial charge in [-0.05, 0) is 36.4 Å². The molecule has 0 aliphatic carbocycles. The van der Waals surface area contributed by atoms with Crippen molar-refractivity contribution in [3.05, 3.63) is 82.5 Å². The van der Waals surface area contributed by atoms with Gasteiger partial charge in [-0.1, -0.05) is 42.0 Å². The van der Waals surface area contributed by atoms with Gasteiger partial charge < -0.3 is 9.47 Å². The van der Waals surface area contributed by atoms with Crippen molar-refractivity contribution in [1.82, 2.24) is 0 Å². The van der Waals surface area contributed by atoms with Crippen molar-refractivity contribution in [3.63, 3.8) is 0 Å². The lowest BCUT2D eigenvalue weighted by Crippen LogP contribution is -2.04. The van der Waals surface area contributed by atoms with E-state index in [1.54, 1.807) is 43.5 Å². The number of hydrogen-bond acceptors (Lipinski definition) is 4. The molecule has 1 aliphatic heterocycles. The van der Waals surface area contributed by atoms with E-state index in [9.17, 15) is 4.79 Å². The van der Waals surface area contributed by atoms with Gasteiger partial charge >= 0.3 is 5.97 Å². The van der Waals surface area contributed by atoms with E-state index in [1.165, 1.54) is 0 Å². The van der Waals surface area contributed by atoms with E-state index in [0.29, 0.717) is 10.6 Å². The first-order valence-corrected chi connectivity index (χ1v) is 7.63. The predicted molar refractivity (Wildman–Crippen MR) is 94.2 cm³/mol. The van der Waals surface area contributed by atoms with Crippen LogP contribution < -0.4 is 4.74 Å². The molecule has 0 amide bonds. The average Bonchev–Trinajstić information content (AvgIpc) is 2.97. The zero-order valence-corrected chi connectivity index (χ0v) is 13.7. The summed E-state index contributed by atoms with van der Waals surface area (Å²) in [6, 6.07) is 14.5. The molecule has 0 saturated heterocycles. The fourth-order valence-corrected chi connectivity index (χ4v) is 2.31. The fourth-order valence-electron chi connectivity index (χ4n) is 2.19. The van der Waals surface area contributed by atoms with Crippen LogP contribution in [-0.2, 0) is 9.53 Å². The Morgan fingerprint density at radius 3 is 2.62 bits per heavy atom. The summed E-state index contributed by atoms with van der Waals surface area (Å²) in [5.74, 6) is 0.546. The maximum atomic E-state index is 11.9. The minimum absolute atomic E-state index is 0.242. The van der Waals surface area contributed by atoms with Crippen LogP contribution in [0, 0.1) is 0 Å². The van der Waals surface area contributed by atoms with Gasteiger partial charge in [-0.2, -0.15) is 0 Å². The van der Waals surface area contributed by atoms with Gasteiger partial charge in [0.15, 0.2) is 5.70 Å². The van der Waals surface area contributed by atoms with Crippen molar-refractivity contribution in [3.8, 4) is 5.75 Å². The summed E-state index contributed by atoms with van der Waals surface area (Å²) < 4.78 is 10.5. The highest BCUT2D eigenvalue weighted by molar-refractivity contribution is 6.30. The van der Waals surface area contributed by atoms with Crippen LogP contribution in [0.2, 0.25) is 5.02 Å². The average molecular weight is 340 g/mol. The number of nitrogens with zero attached hydrogens (tertiary/aromatic N) is 1. The number of cyclic esters (lactones) is 1. The maximum Gasteiger partial charge on any atom is 0.363 e. The van der Waals surface area contributed by atoms with Gasteiger partial charge in [-0.25, -0.2) is 9.79 Å². The second-order valence-electron chi connectivity index (χ2n) is 4.97. The van der Waals surface area contributed by atoms with Crippen LogP contribution in [0.15, 0.2) is 71.4 Å². The van der Waals surface area contributed by atoms with Gasteiger partial charge in [-0.3, -0.25) is 0 Å². The van der Waals surface area contributed by atoms with Crippen LogP contribution in [-0.4, -0.2) is 19.0 Å². The summed E-state index contributed by atoms with van der Waals surface area (Å²) in [6.45, 7) is 0. The zero-order valence-electron chi connectivity index (χ0n) is 12.9. The van der Waals surface area contributed by atoms with Crippen LogP contribution in [0.1, 0.15) is 11.1 Å². The fraction of sp³-hybridized carbons (Fsp3) is 0.0526. The molecule has 0 saturated carbocycles. The first kappa shape index (κ1) is 16.0. The molecule has 0 N–H and O–H groups in total. The van der Waals surface area contributed by atoms with Crippen LogP contribution in [0.4, 0.5) is 0 Å². The zero-order chi connectivity index (χ0) is 16.9. The largest absolute Gasteiger partial charge is 0.496 e. The molecule has 0 bridgehead atoms. The van der Waals surface area contributed by atoms with Gasteiger partial charge in [-0.15, -0.1) is 0 Å². The predicted octanol–water partition coefficient (Wildman–Crippen LogP) is 4.25. The number of methoxy groups -OCH3 is 1. The molecule has 1 heterocycles. The van der Waals surface area contributed by atoms with Gasteiger partial charge in [0.05, 0.1) is 7.11 Å². The number of ether oxygens (including phenoxy) is 2. The second kappa shape index (κ2) is 7.15. The molecule has 0 aromatic heterocycles. The minimum Gasteiger partial charge on any atom is -0.496 e. The molecule has 0 spiro atoms. The summed E-state index contributed by atoms with van der Waals surface area (Å²) in [4.78, 5) is 16.1. The number of carbonyl (C=O) groups excluding carboxylic acids is 1. The number of hydrogen-bond donors (Lipinski definition) is 0. The summed E-state index contributed by atoms with van der Waals surface area (Å²) in [5.41, 5.74) is 1.85. The molecule has 5 heteroatoms. The summed E-state index contributed by atoms with van der Waals surface area (Å²) in [5, 5.41) is 0.610. The lowest BCUT2D eigenvalue weighted by atomic mass is 10.2. The molecule has 3 rings (SSSR count).